The van der Waals surface area contributed by atoms with Crippen molar-refractivity contribution in [3.05, 3.63) is 27.7 Å². The summed E-state index contributed by atoms with van der Waals surface area (Å²) in [5, 5.41) is 10.2. The Morgan fingerprint density at radius 2 is 0.719 bits per heavy atom. The number of unbranched alkanes of at least 4 members (excludes halogenated alkanes) is 13. The summed E-state index contributed by atoms with van der Waals surface area (Å²) in [6, 6.07) is 0. The standard InChI is InChI=1S/C38H68O17P2/c1-5-9-13-14-15-16-17-18-21-25-38(43)55-34(29-49-36(41)23-19-10-6-2)31-53-57(46,47)51-27-32(39)26-50-56(44,45)52-30-33(28-48-35(40)22-12-8-4)54-37(42)24-20-11-7-3/h32-34,39H,1-31H2,(H,44,45)(H,46,47)/q-4/t32-,33+,34+/m0/s1. The van der Waals surface area contributed by atoms with Gasteiger partial charge in [-0.05, 0) is 19.3 Å². The Hall–Kier alpha value is -1.94. The first-order chi connectivity index (χ1) is 27.2. The minimum Gasteiger partial charge on any atom is -0.462 e. The molecule has 0 aliphatic rings. The lowest BCUT2D eigenvalue weighted by Gasteiger charge is -2.21. The highest BCUT2D eigenvalue weighted by Gasteiger charge is 2.30. The van der Waals surface area contributed by atoms with E-state index in [1.165, 1.54) is 0 Å². The Morgan fingerprint density at radius 3 is 1.12 bits per heavy atom. The second kappa shape index (κ2) is 34.9. The summed E-state index contributed by atoms with van der Waals surface area (Å²) >= 11 is 0. The average Bonchev–Trinajstić information content (AvgIpc) is 3.17. The monoisotopic (exact) mass is 858 g/mol. The molecular formula is C38H68O17P2-4. The van der Waals surface area contributed by atoms with E-state index < -0.39 is 97.5 Å². The van der Waals surface area contributed by atoms with E-state index in [9.17, 15) is 43.2 Å². The van der Waals surface area contributed by atoms with Crippen LogP contribution in [0.1, 0.15) is 135 Å². The van der Waals surface area contributed by atoms with Crippen molar-refractivity contribution in [1.82, 2.24) is 0 Å². The maximum Gasteiger partial charge on any atom is 0.472 e. The SMILES string of the molecule is [CH2-]CCCCCCCCCCC(=O)O[C@H](COC(=O)CCCC[CH2-])COP(=O)(O)OC[C@@H](O)COP(=O)(O)OC[C@@H](COC(=O)CCC[CH2-])OC(=O)CCCC[CH2-]. The summed E-state index contributed by atoms with van der Waals surface area (Å²) in [4.78, 5) is 69.1. The van der Waals surface area contributed by atoms with Crippen molar-refractivity contribution < 1.29 is 80.2 Å². The molecule has 0 fully saturated rings. The number of carbonyl (C=O) groups excluding carboxylic acids is 4. The Kier molecular flexibility index (Phi) is 33.7. The summed E-state index contributed by atoms with van der Waals surface area (Å²) < 4.78 is 65.3. The number of hydrogen-bond acceptors (Lipinski definition) is 15. The molecule has 0 aliphatic carbocycles. The van der Waals surface area contributed by atoms with E-state index in [1.54, 1.807) is 0 Å². The van der Waals surface area contributed by atoms with Gasteiger partial charge in [0.05, 0.1) is 26.4 Å². The van der Waals surface area contributed by atoms with Crippen molar-refractivity contribution in [3.8, 4) is 0 Å². The fraction of sp³-hybridized carbons (Fsp3) is 0.789. The van der Waals surface area contributed by atoms with Gasteiger partial charge in [0.25, 0.3) is 0 Å². The minimum atomic E-state index is -4.91. The summed E-state index contributed by atoms with van der Waals surface area (Å²) in [7, 11) is -9.82. The zero-order chi connectivity index (χ0) is 42.8. The number of aliphatic hydroxyl groups is 1. The lowest BCUT2D eigenvalue weighted by molar-refractivity contribution is -0.161. The van der Waals surface area contributed by atoms with Crippen LogP contribution in [-0.2, 0) is 65.4 Å². The van der Waals surface area contributed by atoms with Crippen molar-refractivity contribution in [3.63, 3.8) is 0 Å². The largest absolute Gasteiger partial charge is 0.472 e. The molecule has 2 unspecified atom stereocenters. The third-order valence-electron chi connectivity index (χ3n) is 7.94. The van der Waals surface area contributed by atoms with Crippen LogP contribution in [0.5, 0.6) is 0 Å². The Labute approximate surface area is 339 Å². The molecule has 0 spiro atoms. The highest BCUT2D eigenvalue weighted by molar-refractivity contribution is 7.47. The van der Waals surface area contributed by atoms with Gasteiger partial charge in [-0.15, -0.1) is 0 Å². The lowest BCUT2D eigenvalue weighted by atomic mass is 10.1. The Morgan fingerprint density at radius 1 is 0.421 bits per heavy atom. The van der Waals surface area contributed by atoms with Crippen LogP contribution in [0.4, 0.5) is 0 Å². The molecule has 0 heterocycles. The Bertz CT molecular complexity index is 1170. The van der Waals surface area contributed by atoms with Crippen molar-refractivity contribution in [1.29, 1.82) is 0 Å². The number of phosphoric ester groups is 2. The van der Waals surface area contributed by atoms with Crippen LogP contribution in [0, 0.1) is 27.7 Å². The van der Waals surface area contributed by atoms with Gasteiger partial charge in [0.2, 0.25) is 0 Å². The number of phosphoric acid groups is 2. The predicted octanol–water partition coefficient (Wildman–Crippen LogP) is 7.05. The molecule has 17 nitrogen and oxygen atoms in total. The molecule has 57 heavy (non-hydrogen) atoms. The first-order valence-electron chi connectivity index (χ1n) is 20.0. The van der Waals surface area contributed by atoms with Gasteiger partial charge in [-0.25, -0.2) is 9.13 Å². The first kappa shape index (κ1) is 55.1. The topological polar surface area (TPSA) is 237 Å². The van der Waals surface area contributed by atoms with Crippen molar-refractivity contribution in [2.45, 2.75) is 153 Å². The van der Waals surface area contributed by atoms with Crippen LogP contribution in [0.2, 0.25) is 0 Å². The molecule has 19 heteroatoms. The number of esters is 4. The second-order valence-electron chi connectivity index (χ2n) is 13.4. The smallest absolute Gasteiger partial charge is 0.462 e. The third-order valence-corrected chi connectivity index (χ3v) is 9.84. The summed E-state index contributed by atoms with van der Waals surface area (Å²) in [5.74, 6) is -2.41. The highest BCUT2D eigenvalue weighted by Crippen LogP contribution is 2.45. The van der Waals surface area contributed by atoms with Crippen LogP contribution in [-0.4, -0.2) is 96.7 Å². The fourth-order valence-corrected chi connectivity index (χ4v) is 6.32. The van der Waals surface area contributed by atoms with Gasteiger partial charge >= 0.3 is 39.5 Å². The fourth-order valence-electron chi connectivity index (χ4n) is 4.74. The average molecular weight is 859 g/mol. The van der Waals surface area contributed by atoms with Gasteiger partial charge in [0.1, 0.15) is 19.3 Å². The first-order valence-corrected chi connectivity index (χ1v) is 22.9. The molecule has 0 aromatic heterocycles. The normalized spacial score (nSPS) is 15.1. The third kappa shape index (κ3) is 34.6. The van der Waals surface area contributed by atoms with Crippen LogP contribution in [0.3, 0.4) is 0 Å². The summed E-state index contributed by atoms with van der Waals surface area (Å²) in [6.45, 7) is 10.7. The van der Waals surface area contributed by atoms with Gasteiger partial charge < -0.3 is 61.5 Å². The van der Waals surface area contributed by atoms with Gasteiger partial charge in [-0.1, -0.05) is 64.2 Å². The molecule has 0 bridgehead atoms. The zero-order valence-corrected chi connectivity index (χ0v) is 35.4. The number of aliphatic hydroxyl groups excluding tert-OH is 1. The predicted molar refractivity (Wildman–Crippen MR) is 210 cm³/mol. The summed E-state index contributed by atoms with van der Waals surface area (Å²) in [6.07, 6.45) is 9.59. The molecule has 3 N–H and O–H groups in total. The van der Waals surface area contributed by atoms with Gasteiger partial charge in [-0.2, -0.15) is 25.7 Å². The molecule has 5 atom stereocenters. The van der Waals surface area contributed by atoms with Crippen LogP contribution >= 0.6 is 15.6 Å². The van der Waals surface area contributed by atoms with Crippen LogP contribution in [0.15, 0.2) is 0 Å². The quantitative estimate of drug-likeness (QED) is 0.0184. The molecule has 0 saturated carbocycles. The van der Waals surface area contributed by atoms with Crippen LogP contribution < -0.4 is 0 Å². The number of hydrogen-bond donors (Lipinski definition) is 3. The molecule has 0 radical (unpaired) electrons. The maximum atomic E-state index is 12.6. The van der Waals surface area contributed by atoms with Crippen molar-refractivity contribution in [2.24, 2.45) is 0 Å². The molecule has 0 aromatic rings. The van der Waals surface area contributed by atoms with Crippen molar-refractivity contribution in [2.75, 3.05) is 39.6 Å². The van der Waals surface area contributed by atoms with E-state index in [2.05, 4.69) is 27.7 Å². The highest BCUT2D eigenvalue weighted by atomic mass is 31.2. The van der Waals surface area contributed by atoms with Gasteiger partial charge in [0, 0.05) is 25.7 Å². The number of carbonyl (C=O) groups is 4. The number of rotatable bonds is 39. The molecule has 336 valence electrons. The van der Waals surface area contributed by atoms with E-state index in [1.807, 2.05) is 0 Å². The van der Waals surface area contributed by atoms with Gasteiger partial charge in [0.15, 0.2) is 12.2 Å². The van der Waals surface area contributed by atoms with E-state index in [0.717, 1.165) is 51.4 Å². The lowest BCUT2D eigenvalue weighted by Crippen LogP contribution is -2.30. The molecule has 0 saturated heterocycles. The molecular weight excluding hydrogens is 790 g/mol. The van der Waals surface area contributed by atoms with E-state index in [4.69, 9.17) is 37.0 Å². The maximum absolute atomic E-state index is 12.6. The van der Waals surface area contributed by atoms with Gasteiger partial charge in [-0.3, -0.25) is 37.3 Å². The van der Waals surface area contributed by atoms with Crippen LogP contribution in [0.25, 0.3) is 0 Å². The number of ether oxygens (including phenoxy) is 4. The minimum absolute atomic E-state index is 0.0359. The molecule has 0 aliphatic heterocycles. The molecule has 0 rings (SSSR count). The van der Waals surface area contributed by atoms with E-state index >= 15 is 0 Å². The second-order valence-corrected chi connectivity index (χ2v) is 16.3. The zero-order valence-electron chi connectivity index (χ0n) is 33.6. The van der Waals surface area contributed by atoms with E-state index in [-0.39, 0.29) is 25.7 Å². The molecule has 0 amide bonds. The van der Waals surface area contributed by atoms with E-state index in [0.29, 0.717) is 57.8 Å². The summed E-state index contributed by atoms with van der Waals surface area (Å²) in [5.41, 5.74) is 0. The van der Waals surface area contributed by atoms with Crippen molar-refractivity contribution >= 4 is 39.5 Å². The molecule has 0 aromatic carbocycles. The Balaban J connectivity index is 5.00.